The molecule has 0 aliphatic carbocycles. The topological polar surface area (TPSA) is 78.9 Å². The van der Waals surface area contributed by atoms with E-state index in [-0.39, 0.29) is 31.1 Å². The highest BCUT2D eigenvalue weighted by Crippen LogP contribution is 2.14. The third-order valence-corrected chi connectivity index (χ3v) is 12.8. The fourth-order valence-electron chi connectivity index (χ4n) is 8.23. The van der Waals surface area contributed by atoms with E-state index >= 15 is 0 Å². The van der Waals surface area contributed by atoms with Crippen molar-refractivity contribution in [2.24, 2.45) is 0 Å². The third kappa shape index (κ3) is 58.8. The van der Waals surface area contributed by atoms with Gasteiger partial charge >= 0.3 is 17.9 Å². The van der Waals surface area contributed by atoms with Crippen LogP contribution in [0.3, 0.4) is 0 Å². The maximum absolute atomic E-state index is 12.9. The molecule has 0 aliphatic rings. The fraction of sp³-hybridized carbons (Fsp3) is 0.687. The number of rotatable bonds is 54. The number of esters is 3. The number of ether oxygens (including phenoxy) is 3. The first-order valence-electron chi connectivity index (χ1n) is 30.4. The molecule has 0 bridgehead atoms. The van der Waals surface area contributed by atoms with Gasteiger partial charge in [0.1, 0.15) is 13.2 Å². The zero-order valence-electron chi connectivity index (χ0n) is 47.6. The van der Waals surface area contributed by atoms with Gasteiger partial charge in [0, 0.05) is 19.3 Å². The minimum Gasteiger partial charge on any atom is -0.462 e. The van der Waals surface area contributed by atoms with Crippen LogP contribution in [0, 0.1) is 0 Å². The van der Waals surface area contributed by atoms with E-state index in [1.807, 2.05) is 0 Å². The number of carbonyl (C=O) groups excluding carboxylic acids is 3. The lowest BCUT2D eigenvalue weighted by Crippen LogP contribution is -2.30. The highest BCUT2D eigenvalue weighted by atomic mass is 16.6. The summed E-state index contributed by atoms with van der Waals surface area (Å²) >= 11 is 0. The fourth-order valence-corrected chi connectivity index (χ4v) is 8.23. The molecule has 6 nitrogen and oxygen atoms in total. The number of unbranched alkanes of at least 4 members (excludes halogenated alkanes) is 27. The van der Waals surface area contributed by atoms with Gasteiger partial charge in [-0.3, -0.25) is 14.4 Å². The molecule has 0 N–H and O–H groups in total. The Kier molecular flexibility index (Phi) is 57.4. The van der Waals surface area contributed by atoms with Crippen LogP contribution in [-0.2, 0) is 28.6 Å². The Labute approximate surface area is 450 Å². The molecular formula is C67H112O6. The molecule has 0 fully saturated rings. The van der Waals surface area contributed by atoms with Crippen LogP contribution in [0.15, 0.2) is 109 Å². The van der Waals surface area contributed by atoms with Crippen LogP contribution >= 0.6 is 0 Å². The van der Waals surface area contributed by atoms with Crippen LogP contribution < -0.4 is 0 Å². The molecule has 0 saturated carbocycles. The lowest BCUT2D eigenvalue weighted by molar-refractivity contribution is -0.167. The van der Waals surface area contributed by atoms with Crippen molar-refractivity contribution in [3.05, 3.63) is 109 Å². The van der Waals surface area contributed by atoms with Crippen molar-refractivity contribution in [1.82, 2.24) is 0 Å². The zero-order valence-corrected chi connectivity index (χ0v) is 47.6. The number of hydrogen-bond acceptors (Lipinski definition) is 6. The van der Waals surface area contributed by atoms with Crippen molar-refractivity contribution >= 4 is 17.9 Å². The van der Waals surface area contributed by atoms with Gasteiger partial charge in [-0.05, 0) is 116 Å². The molecule has 0 rings (SSSR count). The van der Waals surface area contributed by atoms with E-state index in [1.165, 1.54) is 103 Å². The monoisotopic (exact) mass is 1010 g/mol. The lowest BCUT2D eigenvalue weighted by Gasteiger charge is -2.18. The standard InChI is InChI=1S/C67H112O6/c1-4-7-10-13-16-19-22-25-28-31-34-37-39-42-45-48-51-54-57-60-66(69)72-63-64(73-67(70)61-58-55-52-49-46-43-40-36-33-30-27-24-21-18-15-12-9-6-3)62-71-65(68)59-56-53-50-47-44-41-38-35-32-29-26-23-20-17-14-11-8-5-2/h7,10,16,19,24-25,27-28,30,33-38,40,42,45,64H,4-6,8-9,11-15,17-18,20-23,26,29,31-32,39,41,43-44,46-63H2,1-3H3/b10-7-,19-16-,27-24-,28-25-,33-30-,37-34-,38-35-,40-36-,45-42-. The smallest absolute Gasteiger partial charge is 0.306 e. The molecule has 6 heteroatoms. The van der Waals surface area contributed by atoms with Gasteiger partial charge in [-0.2, -0.15) is 0 Å². The predicted molar refractivity (Wildman–Crippen MR) is 316 cm³/mol. The first-order chi connectivity index (χ1) is 36.0. The average Bonchev–Trinajstić information content (AvgIpc) is 3.39. The maximum atomic E-state index is 12.9. The van der Waals surface area contributed by atoms with Crippen molar-refractivity contribution < 1.29 is 28.6 Å². The summed E-state index contributed by atoms with van der Waals surface area (Å²) in [5.41, 5.74) is 0. The molecule has 0 aromatic heterocycles. The summed E-state index contributed by atoms with van der Waals surface area (Å²) in [6, 6.07) is 0. The van der Waals surface area contributed by atoms with Gasteiger partial charge in [0.05, 0.1) is 0 Å². The molecule has 1 atom stereocenters. The van der Waals surface area contributed by atoms with Gasteiger partial charge in [-0.25, -0.2) is 0 Å². The molecule has 0 aromatic carbocycles. The molecule has 1 unspecified atom stereocenters. The van der Waals surface area contributed by atoms with Crippen LogP contribution in [0.2, 0.25) is 0 Å². The summed E-state index contributed by atoms with van der Waals surface area (Å²) < 4.78 is 16.9. The Morgan fingerprint density at radius 3 is 0.973 bits per heavy atom. The summed E-state index contributed by atoms with van der Waals surface area (Å²) in [4.78, 5) is 38.3. The van der Waals surface area contributed by atoms with E-state index in [0.29, 0.717) is 19.3 Å². The molecule has 0 heterocycles. The van der Waals surface area contributed by atoms with Gasteiger partial charge in [-0.15, -0.1) is 0 Å². The van der Waals surface area contributed by atoms with Crippen molar-refractivity contribution in [2.75, 3.05) is 13.2 Å². The Bertz CT molecular complexity index is 1490. The molecule has 0 amide bonds. The first-order valence-corrected chi connectivity index (χ1v) is 30.4. The van der Waals surface area contributed by atoms with Gasteiger partial charge in [0.15, 0.2) is 6.10 Å². The van der Waals surface area contributed by atoms with Crippen molar-refractivity contribution in [3.63, 3.8) is 0 Å². The lowest BCUT2D eigenvalue weighted by atomic mass is 10.1. The predicted octanol–water partition coefficient (Wildman–Crippen LogP) is 20.7. The zero-order chi connectivity index (χ0) is 52.9. The number of hydrogen-bond donors (Lipinski definition) is 0. The molecule has 0 aromatic rings. The Morgan fingerprint density at radius 2 is 0.589 bits per heavy atom. The van der Waals surface area contributed by atoms with E-state index in [9.17, 15) is 14.4 Å². The second kappa shape index (κ2) is 60.6. The maximum Gasteiger partial charge on any atom is 0.306 e. The van der Waals surface area contributed by atoms with Gasteiger partial charge < -0.3 is 14.2 Å². The van der Waals surface area contributed by atoms with E-state index in [4.69, 9.17) is 14.2 Å². The second-order valence-corrected chi connectivity index (χ2v) is 19.9. The van der Waals surface area contributed by atoms with Crippen molar-refractivity contribution in [1.29, 1.82) is 0 Å². The Balaban J connectivity index is 4.51. The number of allylic oxidation sites excluding steroid dienone is 18. The first kappa shape index (κ1) is 69.1. The molecule has 0 radical (unpaired) electrons. The van der Waals surface area contributed by atoms with Gasteiger partial charge in [-0.1, -0.05) is 252 Å². The summed E-state index contributed by atoms with van der Waals surface area (Å²) in [5, 5.41) is 0. The van der Waals surface area contributed by atoms with E-state index in [0.717, 1.165) is 135 Å². The van der Waals surface area contributed by atoms with Crippen LogP contribution in [0.4, 0.5) is 0 Å². The average molecular weight is 1010 g/mol. The largest absolute Gasteiger partial charge is 0.462 e. The Morgan fingerprint density at radius 1 is 0.301 bits per heavy atom. The summed E-state index contributed by atoms with van der Waals surface area (Å²) in [7, 11) is 0. The van der Waals surface area contributed by atoms with Crippen molar-refractivity contribution in [3.8, 4) is 0 Å². The molecule has 0 saturated heterocycles. The van der Waals surface area contributed by atoms with Gasteiger partial charge in [0.25, 0.3) is 0 Å². The third-order valence-electron chi connectivity index (χ3n) is 12.8. The molecule has 73 heavy (non-hydrogen) atoms. The highest BCUT2D eigenvalue weighted by Gasteiger charge is 2.19. The normalized spacial score (nSPS) is 12.9. The van der Waals surface area contributed by atoms with Crippen molar-refractivity contribution in [2.45, 2.75) is 284 Å². The second-order valence-electron chi connectivity index (χ2n) is 19.9. The molecule has 416 valence electrons. The highest BCUT2D eigenvalue weighted by molar-refractivity contribution is 5.71. The summed E-state index contributed by atoms with van der Waals surface area (Å²) in [5.74, 6) is -0.959. The molecule has 0 spiro atoms. The molecular weight excluding hydrogens is 901 g/mol. The summed E-state index contributed by atoms with van der Waals surface area (Å²) in [6.07, 6.45) is 82.2. The van der Waals surface area contributed by atoms with Gasteiger partial charge in [0.2, 0.25) is 0 Å². The minimum atomic E-state index is -0.809. The summed E-state index contributed by atoms with van der Waals surface area (Å²) in [6.45, 7) is 6.47. The number of carbonyl (C=O) groups is 3. The Hall–Kier alpha value is -3.93. The van der Waals surface area contributed by atoms with E-state index < -0.39 is 6.10 Å². The van der Waals surface area contributed by atoms with Crippen LogP contribution in [0.1, 0.15) is 278 Å². The van der Waals surface area contributed by atoms with E-state index in [2.05, 4.69) is 130 Å². The minimum absolute atomic E-state index is 0.103. The van der Waals surface area contributed by atoms with Crippen LogP contribution in [0.5, 0.6) is 0 Å². The molecule has 0 aliphatic heterocycles. The van der Waals surface area contributed by atoms with Crippen LogP contribution in [-0.4, -0.2) is 37.2 Å². The SMILES string of the molecule is CC/C=C\C/C=C\C/C=C\C/C=C\C/C=C\CCCCCC(=O)OCC(COC(=O)CCCCCCC/C=C\CCCCCCCCCCC)OC(=O)CCCCCCC\C=C/C=C\C=C/CCCCCCC. The van der Waals surface area contributed by atoms with Crippen LogP contribution in [0.25, 0.3) is 0 Å². The quantitative estimate of drug-likeness (QED) is 0.0199. The van der Waals surface area contributed by atoms with E-state index in [1.54, 1.807) is 0 Å².